The molecule has 1 heterocycles. The summed E-state index contributed by atoms with van der Waals surface area (Å²) in [6.07, 6.45) is 1.11. The topological polar surface area (TPSA) is 105 Å². The van der Waals surface area contributed by atoms with Crippen LogP contribution in [0.15, 0.2) is 10.7 Å². The van der Waals surface area contributed by atoms with Crippen LogP contribution in [0.3, 0.4) is 0 Å². The quantitative estimate of drug-likeness (QED) is 0.634. The highest BCUT2D eigenvalue weighted by Gasteiger charge is 2.24. The van der Waals surface area contributed by atoms with E-state index in [9.17, 15) is 14.9 Å². The van der Waals surface area contributed by atoms with E-state index in [0.29, 0.717) is 10.0 Å². The van der Waals surface area contributed by atoms with Crippen molar-refractivity contribution in [3.8, 4) is 0 Å². The van der Waals surface area contributed by atoms with Gasteiger partial charge in [-0.05, 0) is 28.8 Å². The second-order valence-corrected chi connectivity index (χ2v) is 5.19. The van der Waals surface area contributed by atoms with Crippen LogP contribution in [0.2, 0.25) is 0 Å². The van der Waals surface area contributed by atoms with Crippen molar-refractivity contribution in [2.45, 2.75) is 26.8 Å². The third-order valence-electron chi connectivity index (χ3n) is 2.66. The number of hydrogen-bond donors (Lipinski definition) is 2. The van der Waals surface area contributed by atoms with E-state index in [1.54, 1.807) is 20.8 Å². The lowest BCUT2D eigenvalue weighted by Gasteiger charge is -2.19. The molecular weight excluding hydrogens is 318 g/mol. The van der Waals surface area contributed by atoms with E-state index in [1.165, 1.54) is 0 Å². The number of aromatic nitrogens is 1. The summed E-state index contributed by atoms with van der Waals surface area (Å²) in [5.74, 6) is -0.870. The van der Waals surface area contributed by atoms with Gasteiger partial charge in [0.15, 0.2) is 0 Å². The van der Waals surface area contributed by atoms with Crippen LogP contribution in [0.4, 0.5) is 11.5 Å². The van der Waals surface area contributed by atoms with Gasteiger partial charge in [0.2, 0.25) is 0 Å². The predicted molar refractivity (Wildman–Crippen MR) is 73.2 cm³/mol. The van der Waals surface area contributed by atoms with E-state index in [4.69, 9.17) is 5.11 Å². The smallest absolute Gasteiger partial charge is 0.326 e. The van der Waals surface area contributed by atoms with Crippen LogP contribution < -0.4 is 5.32 Å². The lowest BCUT2D eigenvalue weighted by molar-refractivity contribution is -0.385. The number of nitrogens with one attached hydrogen (secondary N) is 1. The number of carboxylic acid groups (broad SMARTS) is 1. The first-order valence-electron chi connectivity index (χ1n) is 5.54. The molecule has 0 aliphatic carbocycles. The number of hydrogen-bond acceptors (Lipinski definition) is 5. The molecule has 1 unspecified atom stereocenters. The minimum atomic E-state index is -1.00. The van der Waals surface area contributed by atoms with Gasteiger partial charge in [-0.15, -0.1) is 0 Å². The summed E-state index contributed by atoms with van der Waals surface area (Å²) in [7, 11) is 0. The minimum absolute atomic E-state index is 0.117. The molecule has 0 saturated heterocycles. The summed E-state index contributed by atoms with van der Waals surface area (Å²) in [5.41, 5.74) is 0.282. The predicted octanol–water partition coefficient (Wildman–Crippen LogP) is 2.58. The number of nitrogens with zero attached hydrogens (tertiary/aromatic N) is 2. The summed E-state index contributed by atoms with van der Waals surface area (Å²) in [6.45, 7) is 5.09. The fourth-order valence-electron chi connectivity index (χ4n) is 1.51. The molecule has 104 valence electrons. The average molecular weight is 332 g/mol. The number of nitro groups is 1. The van der Waals surface area contributed by atoms with E-state index >= 15 is 0 Å². The van der Waals surface area contributed by atoms with Gasteiger partial charge in [-0.25, -0.2) is 9.78 Å². The Hall–Kier alpha value is -1.70. The highest BCUT2D eigenvalue weighted by Crippen LogP contribution is 2.31. The van der Waals surface area contributed by atoms with Gasteiger partial charge in [-0.1, -0.05) is 13.8 Å². The van der Waals surface area contributed by atoms with Crippen molar-refractivity contribution in [3.63, 3.8) is 0 Å². The fourth-order valence-corrected chi connectivity index (χ4v) is 1.93. The number of carboxylic acids is 1. The highest BCUT2D eigenvalue weighted by atomic mass is 79.9. The molecule has 1 atom stereocenters. The van der Waals surface area contributed by atoms with Gasteiger partial charge in [0.05, 0.1) is 9.40 Å². The van der Waals surface area contributed by atoms with E-state index in [0.717, 1.165) is 6.20 Å². The average Bonchev–Trinajstić information content (AvgIpc) is 2.29. The molecule has 0 spiro atoms. The first kappa shape index (κ1) is 15.4. The second kappa shape index (κ2) is 5.96. The monoisotopic (exact) mass is 331 g/mol. The van der Waals surface area contributed by atoms with Crippen LogP contribution in [-0.2, 0) is 4.79 Å². The summed E-state index contributed by atoms with van der Waals surface area (Å²) >= 11 is 3.20. The van der Waals surface area contributed by atoms with Gasteiger partial charge in [0.1, 0.15) is 18.1 Å². The maximum atomic E-state index is 11.1. The van der Waals surface area contributed by atoms with Gasteiger partial charge < -0.3 is 10.4 Å². The van der Waals surface area contributed by atoms with Crippen LogP contribution in [0.25, 0.3) is 0 Å². The molecule has 19 heavy (non-hydrogen) atoms. The first-order chi connectivity index (χ1) is 8.75. The van der Waals surface area contributed by atoms with Crippen LogP contribution in [-0.4, -0.2) is 27.0 Å². The molecule has 0 fully saturated rings. The molecule has 1 aromatic heterocycles. The summed E-state index contributed by atoms with van der Waals surface area (Å²) in [5, 5.41) is 22.6. The Bertz CT molecular complexity index is 519. The molecule has 2 N–H and O–H groups in total. The molecule has 0 aromatic carbocycles. The SMILES string of the molecule is Cc1c([N+](=O)[O-])cnc(NC(C(=O)O)C(C)C)c1Br. The Morgan fingerprint density at radius 2 is 2.16 bits per heavy atom. The van der Waals surface area contributed by atoms with E-state index in [-0.39, 0.29) is 17.4 Å². The minimum Gasteiger partial charge on any atom is -0.480 e. The van der Waals surface area contributed by atoms with Crippen LogP contribution >= 0.6 is 15.9 Å². The normalized spacial score (nSPS) is 12.3. The molecule has 0 amide bonds. The molecule has 8 heteroatoms. The number of rotatable bonds is 5. The zero-order valence-electron chi connectivity index (χ0n) is 10.7. The first-order valence-corrected chi connectivity index (χ1v) is 6.33. The van der Waals surface area contributed by atoms with Crippen molar-refractivity contribution in [3.05, 3.63) is 26.3 Å². The molecule has 1 aromatic rings. The maximum absolute atomic E-state index is 11.1. The zero-order valence-corrected chi connectivity index (χ0v) is 12.3. The van der Waals surface area contributed by atoms with E-state index in [2.05, 4.69) is 26.2 Å². The molecule has 0 aliphatic heterocycles. The Kier molecular flexibility index (Phi) is 4.82. The number of carbonyl (C=O) groups is 1. The van der Waals surface area contributed by atoms with Crippen LogP contribution in [0.1, 0.15) is 19.4 Å². The van der Waals surface area contributed by atoms with E-state index in [1.807, 2.05) is 0 Å². The van der Waals surface area contributed by atoms with Crippen molar-refractivity contribution in [2.75, 3.05) is 5.32 Å². The lowest BCUT2D eigenvalue weighted by atomic mass is 10.0. The van der Waals surface area contributed by atoms with Gasteiger partial charge >= 0.3 is 5.97 Å². The molecule has 0 saturated carbocycles. The molecule has 7 nitrogen and oxygen atoms in total. The van der Waals surface area contributed by atoms with Crippen LogP contribution in [0.5, 0.6) is 0 Å². The number of pyridine rings is 1. The van der Waals surface area contributed by atoms with Crippen molar-refractivity contribution in [2.24, 2.45) is 5.92 Å². The number of aliphatic carboxylic acids is 1. The van der Waals surface area contributed by atoms with Crippen LogP contribution in [0, 0.1) is 23.0 Å². The largest absolute Gasteiger partial charge is 0.480 e. The molecule has 0 aliphatic rings. The van der Waals surface area contributed by atoms with Crippen molar-refractivity contribution in [1.29, 1.82) is 0 Å². The van der Waals surface area contributed by atoms with Gasteiger partial charge in [0.25, 0.3) is 5.69 Å². The Labute approximate surface area is 118 Å². The molecule has 1 rings (SSSR count). The Morgan fingerprint density at radius 1 is 1.58 bits per heavy atom. The Morgan fingerprint density at radius 3 is 2.58 bits per heavy atom. The van der Waals surface area contributed by atoms with Crippen molar-refractivity contribution >= 4 is 33.4 Å². The number of anilines is 1. The van der Waals surface area contributed by atoms with Gasteiger partial charge in [0, 0.05) is 5.56 Å². The third kappa shape index (κ3) is 3.40. The third-order valence-corrected chi connectivity index (χ3v) is 3.63. The zero-order chi connectivity index (χ0) is 14.7. The summed E-state index contributed by atoms with van der Waals surface area (Å²) < 4.78 is 0.397. The molecular formula is C11H14BrN3O4. The Balaban J connectivity index is 3.13. The molecule has 0 radical (unpaired) electrons. The van der Waals surface area contributed by atoms with E-state index < -0.39 is 16.9 Å². The lowest BCUT2D eigenvalue weighted by Crippen LogP contribution is -2.34. The maximum Gasteiger partial charge on any atom is 0.326 e. The van der Waals surface area contributed by atoms with Gasteiger partial charge in [-0.2, -0.15) is 0 Å². The van der Waals surface area contributed by atoms with Crippen molar-refractivity contribution in [1.82, 2.24) is 4.98 Å². The summed E-state index contributed by atoms with van der Waals surface area (Å²) in [4.78, 5) is 25.2. The fraction of sp³-hybridized carbons (Fsp3) is 0.455. The highest BCUT2D eigenvalue weighted by molar-refractivity contribution is 9.10. The summed E-state index contributed by atoms with van der Waals surface area (Å²) in [6, 6.07) is -0.815. The van der Waals surface area contributed by atoms with Crippen molar-refractivity contribution < 1.29 is 14.8 Å². The standard InChI is InChI=1S/C11H14BrN3O4/c1-5(2)9(11(16)17)14-10-8(12)6(3)7(4-13-10)15(18)19/h4-5,9H,1-3H3,(H,13,14)(H,16,17). The van der Waals surface area contributed by atoms with Gasteiger partial charge in [-0.3, -0.25) is 10.1 Å². The molecule has 0 bridgehead atoms. The second-order valence-electron chi connectivity index (χ2n) is 4.39. The number of halogens is 1.